The fourth-order valence-electron chi connectivity index (χ4n) is 2.56. The molecule has 1 aromatic carbocycles. The van der Waals surface area contributed by atoms with Gasteiger partial charge in [-0.15, -0.1) is 0 Å². The van der Waals surface area contributed by atoms with Gasteiger partial charge < -0.3 is 10.2 Å². The maximum atomic E-state index is 14.4. The normalized spacial score (nSPS) is 21.0. The molecule has 112 valence electrons. The molecule has 0 spiro atoms. The molecule has 1 aromatic rings. The van der Waals surface area contributed by atoms with Gasteiger partial charge in [0.1, 0.15) is 5.82 Å². The lowest BCUT2D eigenvalue weighted by Gasteiger charge is -2.32. The van der Waals surface area contributed by atoms with Gasteiger partial charge in [0, 0.05) is 30.1 Å². The Kier molecular flexibility index (Phi) is 5.73. The van der Waals surface area contributed by atoms with Gasteiger partial charge in [-0.1, -0.05) is 19.9 Å². The van der Waals surface area contributed by atoms with Gasteiger partial charge in [-0.2, -0.15) is 11.8 Å². The fraction of sp³-hybridized carbons (Fsp3) is 0.625. The fourth-order valence-corrected chi connectivity index (χ4v) is 3.58. The second-order valence-electron chi connectivity index (χ2n) is 5.51. The summed E-state index contributed by atoms with van der Waals surface area (Å²) in [7, 11) is 0. The Labute approximate surface area is 126 Å². The summed E-state index contributed by atoms with van der Waals surface area (Å²) in [6, 6.07) is 5.89. The molecule has 1 saturated heterocycles. The quantitative estimate of drug-likeness (QED) is 0.889. The smallest absolute Gasteiger partial charge is 0.146 e. The first kappa shape index (κ1) is 15.6. The van der Waals surface area contributed by atoms with Gasteiger partial charge >= 0.3 is 0 Å². The summed E-state index contributed by atoms with van der Waals surface area (Å²) in [4.78, 5) is 2.17. The van der Waals surface area contributed by atoms with Crippen molar-refractivity contribution in [1.82, 2.24) is 5.32 Å². The standard InChI is InChI=1S/C16H25FN2S/c1-4-7-18-13(3)14-5-6-16(15(17)10-14)19-8-9-20-12(2)11-19/h5-6,10,12-13,18H,4,7-9,11H2,1-3H3. The highest BCUT2D eigenvalue weighted by Gasteiger charge is 2.20. The number of nitrogens with zero attached hydrogens (tertiary/aromatic N) is 1. The Morgan fingerprint density at radius 2 is 2.30 bits per heavy atom. The minimum absolute atomic E-state index is 0.0910. The number of thioether (sulfide) groups is 1. The van der Waals surface area contributed by atoms with E-state index < -0.39 is 0 Å². The van der Waals surface area contributed by atoms with E-state index >= 15 is 0 Å². The monoisotopic (exact) mass is 296 g/mol. The van der Waals surface area contributed by atoms with E-state index in [-0.39, 0.29) is 11.9 Å². The molecule has 1 N–H and O–H groups in total. The lowest BCUT2D eigenvalue weighted by Crippen LogP contribution is -2.37. The molecule has 20 heavy (non-hydrogen) atoms. The second-order valence-corrected chi connectivity index (χ2v) is 7.06. The van der Waals surface area contributed by atoms with Crippen LogP contribution in [0.2, 0.25) is 0 Å². The predicted octanol–water partition coefficient (Wildman–Crippen LogP) is 3.83. The third-order valence-corrected chi connectivity index (χ3v) is 4.89. The summed E-state index contributed by atoms with van der Waals surface area (Å²) < 4.78 is 14.4. The van der Waals surface area contributed by atoms with Crippen LogP contribution in [0.25, 0.3) is 0 Å². The van der Waals surface area contributed by atoms with Gasteiger partial charge in [0.05, 0.1) is 5.69 Å². The van der Waals surface area contributed by atoms with E-state index in [9.17, 15) is 4.39 Å². The van der Waals surface area contributed by atoms with Crippen molar-refractivity contribution in [3.8, 4) is 0 Å². The topological polar surface area (TPSA) is 15.3 Å². The average molecular weight is 296 g/mol. The summed E-state index contributed by atoms with van der Waals surface area (Å²) in [5.41, 5.74) is 1.78. The molecule has 4 heteroatoms. The molecule has 1 heterocycles. The molecule has 2 nitrogen and oxygen atoms in total. The van der Waals surface area contributed by atoms with Crippen molar-refractivity contribution in [3.05, 3.63) is 29.6 Å². The minimum Gasteiger partial charge on any atom is -0.367 e. The highest BCUT2D eigenvalue weighted by molar-refractivity contribution is 8.00. The van der Waals surface area contributed by atoms with Crippen molar-refractivity contribution in [2.75, 3.05) is 30.3 Å². The van der Waals surface area contributed by atoms with E-state index in [2.05, 4.69) is 37.1 Å². The van der Waals surface area contributed by atoms with Crippen LogP contribution in [-0.4, -0.2) is 30.6 Å². The van der Waals surface area contributed by atoms with E-state index in [0.717, 1.165) is 43.1 Å². The van der Waals surface area contributed by atoms with Crippen molar-refractivity contribution < 1.29 is 4.39 Å². The Hall–Kier alpha value is -0.740. The van der Waals surface area contributed by atoms with Crippen LogP contribution in [0.15, 0.2) is 18.2 Å². The van der Waals surface area contributed by atoms with E-state index in [1.807, 2.05) is 17.8 Å². The number of nitrogens with one attached hydrogen (secondary N) is 1. The van der Waals surface area contributed by atoms with Gasteiger partial charge in [0.2, 0.25) is 0 Å². The van der Waals surface area contributed by atoms with Gasteiger partial charge in [0.25, 0.3) is 0 Å². The highest BCUT2D eigenvalue weighted by Crippen LogP contribution is 2.28. The molecule has 1 aliphatic rings. The molecular formula is C16H25FN2S. The molecule has 0 bridgehead atoms. The van der Waals surface area contributed by atoms with E-state index in [4.69, 9.17) is 0 Å². The molecule has 0 amide bonds. The maximum Gasteiger partial charge on any atom is 0.146 e. The zero-order valence-corrected chi connectivity index (χ0v) is 13.5. The Morgan fingerprint density at radius 3 is 2.95 bits per heavy atom. The third kappa shape index (κ3) is 3.89. The molecule has 2 unspecified atom stereocenters. The number of benzene rings is 1. The first-order valence-electron chi connectivity index (χ1n) is 7.51. The number of hydrogen-bond acceptors (Lipinski definition) is 3. The zero-order valence-electron chi connectivity index (χ0n) is 12.7. The van der Waals surface area contributed by atoms with Crippen molar-refractivity contribution >= 4 is 17.4 Å². The van der Waals surface area contributed by atoms with Crippen molar-refractivity contribution in [2.24, 2.45) is 0 Å². The Balaban J connectivity index is 2.09. The molecule has 0 saturated carbocycles. The average Bonchev–Trinajstić information content (AvgIpc) is 2.44. The summed E-state index contributed by atoms with van der Waals surface area (Å²) in [6.07, 6.45) is 1.09. The molecule has 0 aromatic heterocycles. The number of hydrogen-bond donors (Lipinski definition) is 1. The number of halogens is 1. The molecule has 1 fully saturated rings. The van der Waals surface area contributed by atoms with Gasteiger partial charge in [-0.25, -0.2) is 4.39 Å². The molecule has 1 aliphatic heterocycles. The van der Waals surface area contributed by atoms with Crippen LogP contribution >= 0.6 is 11.8 Å². The largest absolute Gasteiger partial charge is 0.367 e. The van der Waals surface area contributed by atoms with Crippen LogP contribution in [0.3, 0.4) is 0 Å². The molecular weight excluding hydrogens is 271 g/mol. The summed E-state index contributed by atoms with van der Waals surface area (Å²) >= 11 is 1.97. The Bertz CT molecular complexity index is 438. The van der Waals surface area contributed by atoms with E-state index in [1.54, 1.807) is 6.07 Å². The lowest BCUT2D eigenvalue weighted by atomic mass is 10.1. The van der Waals surface area contributed by atoms with Crippen molar-refractivity contribution in [3.63, 3.8) is 0 Å². The van der Waals surface area contributed by atoms with Crippen LogP contribution in [0.4, 0.5) is 10.1 Å². The lowest BCUT2D eigenvalue weighted by molar-refractivity contribution is 0.561. The SMILES string of the molecule is CCCNC(C)c1ccc(N2CCSC(C)C2)c(F)c1. The van der Waals surface area contributed by atoms with Crippen LogP contribution in [0.5, 0.6) is 0 Å². The van der Waals surface area contributed by atoms with Gasteiger partial charge in [-0.05, 0) is 37.6 Å². The predicted molar refractivity (Wildman–Crippen MR) is 87.2 cm³/mol. The van der Waals surface area contributed by atoms with E-state index in [0.29, 0.717) is 5.25 Å². The molecule has 0 aliphatic carbocycles. The highest BCUT2D eigenvalue weighted by atomic mass is 32.2. The summed E-state index contributed by atoms with van der Waals surface area (Å²) in [6.45, 7) is 9.27. The van der Waals surface area contributed by atoms with Crippen LogP contribution in [-0.2, 0) is 0 Å². The molecule has 0 radical (unpaired) electrons. The van der Waals surface area contributed by atoms with Crippen LogP contribution in [0.1, 0.15) is 38.8 Å². The zero-order chi connectivity index (χ0) is 14.5. The number of anilines is 1. The minimum atomic E-state index is -0.0910. The first-order chi connectivity index (χ1) is 9.61. The van der Waals surface area contributed by atoms with Gasteiger partial charge in [-0.3, -0.25) is 0 Å². The van der Waals surface area contributed by atoms with E-state index in [1.165, 1.54) is 0 Å². The number of rotatable bonds is 5. The van der Waals surface area contributed by atoms with Gasteiger partial charge in [0.15, 0.2) is 0 Å². The maximum absolute atomic E-state index is 14.4. The van der Waals surface area contributed by atoms with Crippen molar-refractivity contribution in [2.45, 2.75) is 38.5 Å². The molecule has 2 rings (SSSR count). The molecule has 2 atom stereocenters. The summed E-state index contributed by atoms with van der Waals surface area (Å²) in [5.74, 6) is 0.989. The second kappa shape index (κ2) is 7.32. The Morgan fingerprint density at radius 1 is 1.50 bits per heavy atom. The van der Waals surface area contributed by atoms with Crippen molar-refractivity contribution in [1.29, 1.82) is 0 Å². The summed E-state index contributed by atoms with van der Waals surface area (Å²) in [5, 5.41) is 3.98. The van der Waals surface area contributed by atoms with Crippen LogP contribution in [0, 0.1) is 5.82 Å². The first-order valence-corrected chi connectivity index (χ1v) is 8.56. The third-order valence-electron chi connectivity index (χ3n) is 3.75. The van der Waals surface area contributed by atoms with Crippen LogP contribution < -0.4 is 10.2 Å².